The molecule has 0 bridgehead atoms. The highest BCUT2D eigenvalue weighted by Gasteiger charge is 2.38. The van der Waals surface area contributed by atoms with Gasteiger partial charge in [-0.05, 0) is 48.4 Å². The van der Waals surface area contributed by atoms with Crippen molar-refractivity contribution in [1.29, 1.82) is 0 Å². The molecule has 1 aliphatic rings. The van der Waals surface area contributed by atoms with Crippen LogP contribution in [-0.4, -0.2) is 53.1 Å². The Morgan fingerprint density at radius 2 is 1.76 bits per heavy atom. The van der Waals surface area contributed by atoms with Crippen LogP contribution in [-0.2, 0) is 16.1 Å². The maximum Gasteiger partial charge on any atom is 0.240 e. The van der Waals surface area contributed by atoms with Gasteiger partial charge in [-0.3, -0.25) is 19.5 Å². The molecule has 0 fully saturated rings. The Hall–Kier alpha value is -5.09. The van der Waals surface area contributed by atoms with Gasteiger partial charge in [0.05, 0.1) is 36.6 Å². The average molecular weight is 620 g/mol. The number of hydrogen-bond donors (Lipinski definition) is 1. The Balaban J connectivity index is 1.53. The van der Waals surface area contributed by atoms with Crippen molar-refractivity contribution < 1.29 is 19.1 Å². The van der Waals surface area contributed by atoms with Crippen LogP contribution < -0.4 is 19.7 Å². The first-order chi connectivity index (χ1) is 22.0. The van der Waals surface area contributed by atoms with Crippen molar-refractivity contribution in [2.24, 2.45) is 0 Å². The number of pyridine rings is 1. The highest BCUT2D eigenvalue weighted by molar-refractivity contribution is 8.00. The van der Waals surface area contributed by atoms with Crippen molar-refractivity contribution in [3.8, 4) is 28.4 Å². The quantitative estimate of drug-likeness (QED) is 0.225. The number of rotatable bonds is 9. The second-order valence-corrected chi connectivity index (χ2v) is 11.7. The second-order valence-electron chi connectivity index (χ2n) is 10.6. The van der Waals surface area contributed by atoms with Gasteiger partial charge in [-0.2, -0.15) is 5.10 Å². The Morgan fingerprint density at radius 3 is 2.47 bits per heavy atom. The molecule has 3 heterocycles. The molecule has 0 aliphatic carbocycles. The number of aryl methyl sites for hydroxylation is 1. The van der Waals surface area contributed by atoms with Crippen molar-refractivity contribution in [1.82, 2.24) is 20.1 Å². The maximum atomic E-state index is 14.0. The van der Waals surface area contributed by atoms with Gasteiger partial charge in [0.15, 0.2) is 11.5 Å². The summed E-state index contributed by atoms with van der Waals surface area (Å²) in [5.74, 6) is 1.45. The lowest BCUT2D eigenvalue weighted by Crippen LogP contribution is -2.42. The fraction of sp³-hybridized carbons (Fsp3) is 0.200. The van der Waals surface area contributed by atoms with Crippen LogP contribution in [0.3, 0.4) is 0 Å². The number of ether oxygens (including phenoxy) is 2. The van der Waals surface area contributed by atoms with Gasteiger partial charge < -0.3 is 14.8 Å². The zero-order valence-corrected chi connectivity index (χ0v) is 26.1. The summed E-state index contributed by atoms with van der Waals surface area (Å²) in [6.07, 6.45) is 3.39. The summed E-state index contributed by atoms with van der Waals surface area (Å²) < 4.78 is 13.0. The molecule has 0 radical (unpaired) electrons. The van der Waals surface area contributed by atoms with Gasteiger partial charge in [0.2, 0.25) is 11.8 Å². The molecule has 1 aliphatic heterocycles. The van der Waals surface area contributed by atoms with E-state index in [2.05, 4.69) is 10.3 Å². The molecule has 0 spiro atoms. The predicted molar refractivity (Wildman–Crippen MR) is 176 cm³/mol. The number of benzene rings is 3. The molecular formula is C35H33N5O4S. The van der Waals surface area contributed by atoms with Crippen LogP contribution in [0.5, 0.6) is 11.5 Å². The van der Waals surface area contributed by atoms with Crippen LogP contribution in [0, 0.1) is 6.92 Å². The van der Waals surface area contributed by atoms with Crippen LogP contribution in [0.25, 0.3) is 16.9 Å². The van der Waals surface area contributed by atoms with E-state index in [0.29, 0.717) is 23.9 Å². The van der Waals surface area contributed by atoms with Gasteiger partial charge in [0.1, 0.15) is 12.4 Å². The lowest BCUT2D eigenvalue weighted by molar-refractivity contribution is -0.123. The number of thioether (sulfide) groups is 1. The molecular weight excluding hydrogens is 586 g/mol. The number of aromatic nitrogens is 3. The van der Waals surface area contributed by atoms with Gasteiger partial charge >= 0.3 is 0 Å². The Kier molecular flexibility index (Phi) is 8.84. The van der Waals surface area contributed by atoms with Crippen LogP contribution in [0.15, 0.2) is 97.3 Å². The highest BCUT2D eigenvalue weighted by Crippen LogP contribution is 2.49. The highest BCUT2D eigenvalue weighted by atomic mass is 32.2. The summed E-state index contributed by atoms with van der Waals surface area (Å²) in [5, 5.41) is 7.80. The predicted octanol–water partition coefficient (Wildman–Crippen LogP) is 5.75. The van der Waals surface area contributed by atoms with E-state index in [0.717, 1.165) is 39.2 Å². The largest absolute Gasteiger partial charge is 0.493 e. The molecule has 1 N–H and O–H groups in total. The fourth-order valence-corrected chi connectivity index (χ4v) is 6.56. The molecule has 9 nitrogen and oxygen atoms in total. The third kappa shape index (κ3) is 6.28. The van der Waals surface area contributed by atoms with Gasteiger partial charge in [0, 0.05) is 30.1 Å². The standard InChI is InChI=1S/C35H33N5O4S/c1-23-11-14-27(15-12-23)40-35-32(33(38-40)25-9-5-4-6-10-25)34(26-13-16-28(43-2)29(18-26)44-3)45-22-31(42)39(35)21-30(41)37-20-24-8-7-17-36-19-24/h4-19,34H,20-22H2,1-3H3,(H,37,41)/t34-/m1/s1. The van der Waals surface area contributed by atoms with E-state index in [1.165, 1.54) is 11.8 Å². The van der Waals surface area contributed by atoms with Crippen LogP contribution >= 0.6 is 11.8 Å². The molecule has 2 aromatic heterocycles. The van der Waals surface area contributed by atoms with E-state index >= 15 is 0 Å². The monoisotopic (exact) mass is 619 g/mol. The number of hydrogen-bond acceptors (Lipinski definition) is 7. The molecule has 5 aromatic rings. The van der Waals surface area contributed by atoms with Crippen LogP contribution in [0.1, 0.15) is 27.5 Å². The maximum absolute atomic E-state index is 14.0. The first kappa shape index (κ1) is 30.0. The molecule has 0 saturated heterocycles. The third-order valence-electron chi connectivity index (χ3n) is 7.64. The van der Waals surface area contributed by atoms with E-state index in [1.807, 2.05) is 91.9 Å². The van der Waals surface area contributed by atoms with Gasteiger partial charge in [-0.15, -0.1) is 11.8 Å². The van der Waals surface area contributed by atoms with E-state index in [4.69, 9.17) is 14.6 Å². The molecule has 45 heavy (non-hydrogen) atoms. The number of carbonyl (C=O) groups excluding carboxylic acids is 2. The molecule has 0 saturated carbocycles. The van der Waals surface area contributed by atoms with Crippen molar-refractivity contribution in [3.63, 3.8) is 0 Å². The molecule has 2 amide bonds. The number of nitrogens with one attached hydrogen (secondary N) is 1. The van der Waals surface area contributed by atoms with Crippen LogP contribution in [0.2, 0.25) is 0 Å². The summed E-state index contributed by atoms with van der Waals surface area (Å²) in [4.78, 5) is 33.1. The topological polar surface area (TPSA) is 98.6 Å². The minimum absolute atomic E-state index is 0.158. The smallest absolute Gasteiger partial charge is 0.240 e. The lowest BCUT2D eigenvalue weighted by Gasteiger charge is -2.23. The third-order valence-corrected chi connectivity index (χ3v) is 8.89. The van der Waals surface area contributed by atoms with E-state index < -0.39 is 0 Å². The van der Waals surface area contributed by atoms with E-state index in [9.17, 15) is 9.59 Å². The number of fused-ring (bicyclic) bond motifs is 1. The van der Waals surface area contributed by atoms with Crippen molar-refractivity contribution in [2.75, 3.05) is 31.4 Å². The van der Waals surface area contributed by atoms with Crippen molar-refractivity contribution in [3.05, 3.63) is 120 Å². The average Bonchev–Trinajstić information content (AvgIpc) is 3.40. The van der Waals surface area contributed by atoms with Gasteiger partial charge in [0.25, 0.3) is 0 Å². The Labute approximate surface area is 266 Å². The summed E-state index contributed by atoms with van der Waals surface area (Å²) in [6.45, 7) is 2.16. The number of methoxy groups -OCH3 is 2. The fourth-order valence-electron chi connectivity index (χ4n) is 5.38. The van der Waals surface area contributed by atoms with Gasteiger partial charge in [-0.25, -0.2) is 4.68 Å². The summed E-state index contributed by atoms with van der Waals surface area (Å²) in [7, 11) is 3.21. The summed E-state index contributed by atoms with van der Waals surface area (Å²) in [6, 6.07) is 27.4. The minimum atomic E-state index is -0.304. The molecule has 10 heteroatoms. The van der Waals surface area contributed by atoms with Crippen molar-refractivity contribution in [2.45, 2.75) is 18.7 Å². The normalized spacial score (nSPS) is 14.4. The zero-order chi connectivity index (χ0) is 31.3. The number of carbonyl (C=O) groups is 2. The summed E-state index contributed by atoms with van der Waals surface area (Å²) >= 11 is 1.50. The van der Waals surface area contributed by atoms with Crippen molar-refractivity contribution >= 4 is 29.4 Å². The van der Waals surface area contributed by atoms with Gasteiger partial charge in [-0.1, -0.05) is 60.2 Å². The molecule has 228 valence electrons. The molecule has 1 atom stereocenters. The Morgan fingerprint density at radius 1 is 0.978 bits per heavy atom. The first-order valence-corrected chi connectivity index (χ1v) is 15.6. The number of amides is 2. The number of nitrogens with zero attached hydrogens (tertiary/aromatic N) is 4. The van der Waals surface area contributed by atoms with Crippen LogP contribution in [0.4, 0.5) is 5.82 Å². The Bertz CT molecular complexity index is 1810. The van der Waals surface area contributed by atoms with E-state index in [-0.39, 0.29) is 29.4 Å². The molecule has 6 rings (SSSR count). The molecule has 0 unspecified atom stereocenters. The number of anilines is 1. The first-order valence-electron chi connectivity index (χ1n) is 14.5. The molecule has 3 aromatic carbocycles. The summed E-state index contributed by atoms with van der Waals surface area (Å²) in [5.41, 5.74) is 6.15. The van der Waals surface area contributed by atoms with E-state index in [1.54, 1.807) is 36.2 Å². The lowest BCUT2D eigenvalue weighted by atomic mass is 9.99. The minimum Gasteiger partial charge on any atom is -0.493 e. The zero-order valence-electron chi connectivity index (χ0n) is 25.3. The SMILES string of the molecule is COc1ccc([C@H]2SCC(=O)N(CC(=O)NCc3cccnc3)c3c2c(-c2ccccc2)nn3-c2ccc(C)cc2)cc1OC. The second kappa shape index (κ2) is 13.3.